The van der Waals surface area contributed by atoms with Crippen LogP contribution in [-0.2, 0) is 22.4 Å². The van der Waals surface area contributed by atoms with Crippen molar-refractivity contribution in [1.82, 2.24) is 19.7 Å². The summed E-state index contributed by atoms with van der Waals surface area (Å²) in [7, 11) is 5.02. The zero-order chi connectivity index (χ0) is 21.3. The number of carbonyl (C=O) groups excluding carboxylic acids is 1. The summed E-state index contributed by atoms with van der Waals surface area (Å²) in [6.45, 7) is 4.54. The molecule has 0 bridgehead atoms. The fourth-order valence-electron chi connectivity index (χ4n) is 4.22. The Kier molecular flexibility index (Phi) is 5.80. The third kappa shape index (κ3) is 3.69. The van der Waals surface area contributed by atoms with E-state index in [0.29, 0.717) is 19.1 Å². The van der Waals surface area contributed by atoms with E-state index in [0.717, 1.165) is 61.0 Å². The number of aromatic nitrogens is 3. The monoisotopic (exact) mass is 415 g/mol. The summed E-state index contributed by atoms with van der Waals surface area (Å²) in [5.41, 5.74) is 3.20. The van der Waals surface area contributed by atoms with Crippen molar-refractivity contribution in [3.05, 3.63) is 29.1 Å². The van der Waals surface area contributed by atoms with E-state index >= 15 is 0 Å². The van der Waals surface area contributed by atoms with Crippen molar-refractivity contribution in [3.8, 4) is 5.75 Å². The van der Waals surface area contributed by atoms with Gasteiger partial charge in [-0.3, -0.25) is 4.68 Å². The zero-order valence-corrected chi connectivity index (χ0v) is 18.1. The molecule has 1 fully saturated rings. The van der Waals surface area contributed by atoms with Crippen molar-refractivity contribution < 1.29 is 19.0 Å². The van der Waals surface area contributed by atoms with Crippen LogP contribution >= 0.6 is 0 Å². The number of hydrogen-bond donors (Lipinski definition) is 0. The molecule has 0 N–H and O–H groups in total. The van der Waals surface area contributed by atoms with Crippen LogP contribution in [0.15, 0.2) is 12.3 Å². The number of ether oxygens (including phenoxy) is 3. The quantitative estimate of drug-likeness (QED) is 0.759. The highest BCUT2D eigenvalue weighted by atomic mass is 16.5. The molecule has 0 atom stereocenters. The Morgan fingerprint density at radius 2 is 2.07 bits per heavy atom. The minimum atomic E-state index is -0.316. The van der Waals surface area contributed by atoms with Crippen LogP contribution in [0.5, 0.6) is 5.75 Å². The Morgan fingerprint density at radius 3 is 2.77 bits per heavy atom. The first-order valence-corrected chi connectivity index (χ1v) is 10.3. The minimum absolute atomic E-state index is 0.305. The summed E-state index contributed by atoms with van der Waals surface area (Å²) in [6.07, 6.45) is 4.10. The van der Waals surface area contributed by atoms with Crippen molar-refractivity contribution in [1.29, 1.82) is 0 Å². The van der Waals surface area contributed by atoms with Crippen LogP contribution in [0.4, 0.5) is 16.4 Å². The van der Waals surface area contributed by atoms with Gasteiger partial charge in [-0.2, -0.15) is 5.10 Å². The minimum Gasteiger partial charge on any atom is -0.496 e. The van der Waals surface area contributed by atoms with Gasteiger partial charge in [0.1, 0.15) is 11.6 Å². The average molecular weight is 415 g/mol. The number of anilines is 2. The van der Waals surface area contributed by atoms with Gasteiger partial charge in [0.2, 0.25) is 0 Å². The molecule has 0 aliphatic carbocycles. The second-order valence-corrected chi connectivity index (χ2v) is 7.75. The number of rotatable bonds is 4. The molecule has 0 radical (unpaired) electrons. The van der Waals surface area contributed by atoms with Crippen molar-refractivity contribution in [2.24, 2.45) is 0 Å². The van der Waals surface area contributed by atoms with Crippen LogP contribution in [0.25, 0.3) is 0 Å². The number of nitrogens with zero attached hydrogens (tertiary/aromatic N) is 5. The first kappa shape index (κ1) is 20.5. The third-order valence-corrected chi connectivity index (χ3v) is 5.95. The van der Waals surface area contributed by atoms with E-state index in [4.69, 9.17) is 19.3 Å². The molecule has 1 saturated heterocycles. The van der Waals surface area contributed by atoms with Crippen molar-refractivity contribution >= 4 is 17.7 Å². The summed E-state index contributed by atoms with van der Waals surface area (Å²) < 4.78 is 18.1. The number of carbonyl (C=O) groups is 1. The molecule has 2 aromatic rings. The molecule has 2 aliphatic rings. The van der Waals surface area contributed by atoms with E-state index in [1.807, 2.05) is 24.9 Å². The lowest BCUT2D eigenvalue weighted by Crippen LogP contribution is -2.37. The molecular weight excluding hydrogens is 386 g/mol. The number of hydrogen-bond acceptors (Lipinski definition) is 7. The van der Waals surface area contributed by atoms with Gasteiger partial charge in [-0.05, 0) is 19.8 Å². The van der Waals surface area contributed by atoms with Gasteiger partial charge in [0.05, 0.1) is 26.8 Å². The number of methoxy groups -OCH3 is 2. The topological polar surface area (TPSA) is 82.0 Å². The predicted octanol–water partition coefficient (Wildman–Crippen LogP) is 2.84. The number of pyridine rings is 1. The highest BCUT2D eigenvalue weighted by molar-refractivity contribution is 5.69. The maximum atomic E-state index is 12.2. The third-order valence-electron chi connectivity index (χ3n) is 5.95. The molecule has 0 unspecified atom stereocenters. The van der Waals surface area contributed by atoms with Gasteiger partial charge >= 0.3 is 6.09 Å². The number of aryl methyl sites for hydroxylation is 1. The van der Waals surface area contributed by atoms with Gasteiger partial charge in [0.25, 0.3) is 0 Å². The molecule has 0 saturated carbocycles. The Hall–Kier alpha value is -2.81. The van der Waals surface area contributed by atoms with E-state index in [2.05, 4.69) is 9.67 Å². The van der Waals surface area contributed by atoms with Crippen LogP contribution in [0, 0.1) is 6.92 Å². The lowest BCUT2D eigenvalue weighted by Gasteiger charge is -2.29. The Morgan fingerprint density at radius 1 is 1.30 bits per heavy atom. The molecule has 30 heavy (non-hydrogen) atoms. The smallest absolute Gasteiger partial charge is 0.409 e. The molecule has 4 rings (SSSR count). The van der Waals surface area contributed by atoms with Gasteiger partial charge in [0.15, 0.2) is 5.82 Å². The summed E-state index contributed by atoms with van der Waals surface area (Å²) >= 11 is 0. The largest absolute Gasteiger partial charge is 0.496 e. The predicted molar refractivity (Wildman–Crippen MR) is 111 cm³/mol. The molecule has 9 nitrogen and oxygen atoms in total. The molecule has 1 amide bonds. The molecule has 2 aromatic heterocycles. The summed E-state index contributed by atoms with van der Waals surface area (Å²) in [5.74, 6) is 2.33. The van der Waals surface area contributed by atoms with Gasteiger partial charge in [-0.15, -0.1) is 0 Å². The average Bonchev–Trinajstić information content (AvgIpc) is 3.17. The fourth-order valence-corrected chi connectivity index (χ4v) is 4.22. The zero-order valence-electron chi connectivity index (χ0n) is 18.1. The number of amides is 1. The van der Waals surface area contributed by atoms with Gasteiger partial charge in [-0.25, -0.2) is 9.78 Å². The summed E-state index contributed by atoms with van der Waals surface area (Å²) in [4.78, 5) is 20.4. The molecule has 9 heteroatoms. The van der Waals surface area contributed by atoms with E-state index in [9.17, 15) is 4.79 Å². The second-order valence-electron chi connectivity index (χ2n) is 7.75. The van der Waals surface area contributed by atoms with E-state index in [1.165, 1.54) is 12.8 Å². The van der Waals surface area contributed by atoms with Gasteiger partial charge in [0, 0.05) is 62.3 Å². The molecular formula is C21H29N5O4. The Balaban J connectivity index is 1.74. The fraction of sp³-hybridized carbons (Fsp3) is 0.571. The maximum Gasteiger partial charge on any atom is 0.409 e. The van der Waals surface area contributed by atoms with Crippen molar-refractivity contribution in [3.63, 3.8) is 0 Å². The molecule has 2 aliphatic heterocycles. The van der Waals surface area contributed by atoms with Crippen LogP contribution in [-0.4, -0.2) is 66.8 Å². The Bertz CT molecular complexity index is 922. The lowest BCUT2D eigenvalue weighted by molar-refractivity contribution is 0.0649. The van der Waals surface area contributed by atoms with Crippen molar-refractivity contribution in [2.45, 2.75) is 38.8 Å². The van der Waals surface area contributed by atoms with E-state index in [-0.39, 0.29) is 6.09 Å². The highest BCUT2D eigenvalue weighted by Crippen LogP contribution is 2.36. The first-order valence-electron chi connectivity index (χ1n) is 10.3. The van der Waals surface area contributed by atoms with Gasteiger partial charge in [-0.1, -0.05) is 0 Å². The maximum absolute atomic E-state index is 12.2. The first-order chi connectivity index (χ1) is 14.5. The van der Waals surface area contributed by atoms with Crippen molar-refractivity contribution in [2.75, 3.05) is 45.9 Å². The summed E-state index contributed by atoms with van der Waals surface area (Å²) in [5, 5.41) is 5.02. The standard InChI is InChI=1S/C21H29N5O4/c1-14-12-22-19(11-18(14)28-3)24(2)20-16-13-25(21(27)29-4)8-5-17(16)26(23-20)15-6-9-30-10-7-15/h11-12,15H,5-10,13H2,1-4H3. The second kappa shape index (κ2) is 8.51. The molecule has 0 spiro atoms. The summed E-state index contributed by atoms with van der Waals surface area (Å²) in [6, 6.07) is 2.22. The molecule has 4 heterocycles. The Labute approximate surface area is 176 Å². The van der Waals surface area contributed by atoms with Crippen LogP contribution < -0.4 is 9.64 Å². The van der Waals surface area contributed by atoms with Crippen LogP contribution in [0.2, 0.25) is 0 Å². The number of fused-ring (bicyclic) bond motifs is 1. The van der Waals surface area contributed by atoms with Crippen LogP contribution in [0.3, 0.4) is 0 Å². The SMILES string of the molecule is COC(=O)N1CCc2c(c(N(C)c3cc(OC)c(C)cn3)nn2C2CCOCC2)C1. The van der Waals surface area contributed by atoms with Gasteiger partial charge < -0.3 is 24.0 Å². The van der Waals surface area contributed by atoms with E-state index in [1.54, 1.807) is 18.2 Å². The molecule has 162 valence electrons. The normalized spacial score (nSPS) is 16.9. The molecule has 0 aromatic carbocycles. The van der Waals surface area contributed by atoms with Crippen LogP contribution in [0.1, 0.15) is 35.7 Å². The highest BCUT2D eigenvalue weighted by Gasteiger charge is 2.32. The van der Waals surface area contributed by atoms with E-state index < -0.39 is 0 Å². The lowest BCUT2D eigenvalue weighted by atomic mass is 10.0.